The molecule has 2 rings (SSSR count). The summed E-state index contributed by atoms with van der Waals surface area (Å²) in [7, 11) is 0.282. The fourth-order valence-corrected chi connectivity index (χ4v) is 4.47. The van der Waals surface area contributed by atoms with Crippen LogP contribution in [0.5, 0.6) is 0 Å². The van der Waals surface area contributed by atoms with Gasteiger partial charge >= 0.3 is 0 Å². The van der Waals surface area contributed by atoms with E-state index in [4.69, 9.17) is 5.26 Å². The first-order chi connectivity index (χ1) is 9.46. The van der Waals surface area contributed by atoms with Gasteiger partial charge in [0, 0.05) is 19.1 Å². The summed E-state index contributed by atoms with van der Waals surface area (Å²) in [6, 6.07) is 8.35. The fourth-order valence-electron chi connectivity index (χ4n) is 2.64. The highest BCUT2D eigenvalue weighted by Gasteiger charge is 2.36. The lowest BCUT2D eigenvalue weighted by Crippen LogP contribution is -2.41. The summed E-state index contributed by atoms with van der Waals surface area (Å²) in [6.07, 6.45) is 1.73. The van der Waals surface area contributed by atoms with E-state index in [2.05, 4.69) is 0 Å². The van der Waals surface area contributed by atoms with Crippen LogP contribution in [0.4, 0.5) is 0 Å². The van der Waals surface area contributed by atoms with E-state index < -0.39 is 10.0 Å². The zero-order chi connectivity index (χ0) is 14.8. The Labute approximate surface area is 120 Å². The van der Waals surface area contributed by atoms with Crippen LogP contribution in [-0.2, 0) is 10.0 Å². The van der Waals surface area contributed by atoms with Gasteiger partial charge in [-0.1, -0.05) is 12.1 Å². The van der Waals surface area contributed by atoms with Crippen LogP contribution >= 0.6 is 0 Å². The summed E-state index contributed by atoms with van der Waals surface area (Å²) < 4.78 is 27.1. The topological polar surface area (TPSA) is 64.4 Å². The van der Waals surface area contributed by atoms with Gasteiger partial charge in [-0.3, -0.25) is 0 Å². The number of hydrogen-bond acceptors (Lipinski definition) is 4. The van der Waals surface area contributed by atoms with Crippen molar-refractivity contribution in [1.29, 1.82) is 5.26 Å². The fraction of sp³-hybridized carbons (Fsp3) is 0.500. The van der Waals surface area contributed by atoms with Crippen LogP contribution in [-0.4, -0.2) is 50.8 Å². The second-order valence-electron chi connectivity index (χ2n) is 5.28. The van der Waals surface area contributed by atoms with E-state index in [1.807, 2.05) is 25.1 Å². The van der Waals surface area contributed by atoms with Crippen molar-refractivity contribution in [3.63, 3.8) is 0 Å². The minimum atomic E-state index is -3.59. The lowest BCUT2D eigenvalue weighted by Gasteiger charge is -2.26. The maximum atomic E-state index is 12.8. The Bertz CT molecular complexity index is 620. The summed E-state index contributed by atoms with van der Waals surface area (Å²) in [4.78, 5) is 2.11. The van der Waals surface area contributed by atoms with Gasteiger partial charge in [0.15, 0.2) is 0 Å². The van der Waals surface area contributed by atoms with Crippen LogP contribution in [0.1, 0.15) is 18.4 Å². The number of sulfonamides is 1. The molecule has 1 saturated heterocycles. The molecule has 6 heteroatoms. The van der Waals surface area contributed by atoms with Gasteiger partial charge in [-0.25, -0.2) is 8.42 Å². The Morgan fingerprint density at radius 1 is 1.40 bits per heavy atom. The number of nitriles is 1. The van der Waals surface area contributed by atoms with E-state index in [0.29, 0.717) is 13.1 Å². The van der Waals surface area contributed by atoms with Crippen LogP contribution in [0.25, 0.3) is 0 Å². The van der Waals surface area contributed by atoms with Gasteiger partial charge < -0.3 is 4.90 Å². The second-order valence-corrected chi connectivity index (χ2v) is 7.14. The molecule has 1 aromatic carbocycles. The molecular formula is C14H19N3O2S. The normalized spacial score (nSPS) is 20.2. The van der Waals surface area contributed by atoms with Gasteiger partial charge in [0.1, 0.15) is 6.07 Å². The predicted molar refractivity (Wildman–Crippen MR) is 76.6 cm³/mol. The lowest BCUT2D eigenvalue weighted by atomic mass is 10.2. The summed E-state index contributed by atoms with van der Waals surface area (Å²) in [5.41, 5.74) is 0.211. The minimum absolute atomic E-state index is 0.0123. The van der Waals surface area contributed by atoms with Gasteiger partial charge in [0.05, 0.1) is 10.5 Å². The quantitative estimate of drug-likeness (QED) is 0.838. The molecule has 0 radical (unpaired) electrons. The van der Waals surface area contributed by atoms with Gasteiger partial charge in [-0.2, -0.15) is 9.57 Å². The summed E-state index contributed by atoms with van der Waals surface area (Å²) >= 11 is 0. The highest BCUT2D eigenvalue weighted by molar-refractivity contribution is 7.89. The van der Waals surface area contributed by atoms with E-state index in [-0.39, 0.29) is 16.5 Å². The largest absolute Gasteiger partial charge is 0.308 e. The average Bonchev–Trinajstić information content (AvgIpc) is 2.86. The first kappa shape index (κ1) is 15.0. The molecule has 0 N–H and O–H groups in total. The third kappa shape index (κ3) is 2.85. The van der Waals surface area contributed by atoms with Crippen molar-refractivity contribution < 1.29 is 8.42 Å². The van der Waals surface area contributed by atoms with Crippen molar-refractivity contribution in [3.05, 3.63) is 29.8 Å². The molecule has 1 aliphatic heterocycles. The zero-order valence-electron chi connectivity index (χ0n) is 11.8. The molecule has 0 saturated carbocycles. The molecule has 1 atom stereocenters. The van der Waals surface area contributed by atoms with E-state index in [9.17, 15) is 8.42 Å². The van der Waals surface area contributed by atoms with Crippen molar-refractivity contribution in [1.82, 2.24) is 9.21 Å². The van der Waals surface area contributed by atoms with Crippen molar-refractivity contribution in [2.24, 2.45) is 0 Å². The van der Waals surface area contributed by atoms with E-state index in [0.717, 1.165) is 12.8 Å². The Hall–Kier alpha value is -1.42. The predicted octanol–water partition coefficient (Wildman–Crippen LogP) is 1.27. The second kappa shape index (κ2) is 5.92. The SMILES string of the molecule is CN(C)CC1CCCN1S(=O)(=O)c1ccccc1C#N. The standard InChI is InChI=1S/C14H19N3O2S/c1-16(2)11-13-7-5-9-17(13)20(18,19)14-8-4-3-6-12(14)10-15/h3-4,6,8,13H,5,7,9,11H2,1-2H3. The monoisotopic (exact) mass is 293 g/mol. The molecule has 1 unspecified atom stereocenters. The van der Waals surface area contributed by atoms with Crippen LogP contribution < -0.4 is 0 Å². The van der Waals surface area contributed by atoms with Crippen LogP contribution in [0.3, 0.4) is 0 Å². The molecule has 1 heterocycles. The molecule has 0 aliphatic carbocycles. The Morgan fingerprint density at radius 2 is 2.10 bits per heavy atom. The first-order valence-electron chi connectivity index (χ1n) is 6.62. The molecule has 20 heavy (non-hydrogen) atoms. The zero-order valence-corrected chi connectivity index (χ0v) is 12.6. The third-order valence-electron chi connectivity index (χ3n) is 3.49. The minimum Gasteiger partial charge on any atom is -0.308 e. The van der Waals surface area contributed by atoms with Crippen molar-refractivity contribution in [3.8, 4) is 6.07 Å². The molecule has 1 aliphatic rings. The van der Waals surface area contributed by atoms with Crippen LogP contribution in [0.15, 0.2) is 29.2 Å². The molecular weight excluding hydrogens is 274 g/mol. The number of likely N-dealkylation sites (N-methyl/N-ethyl adjacent to an activating group) is 1. The number of nitrogens with zero attached hydrogens (tertiary/aromatic N) is 3. The van der Waals surface area contributed by atoms with Gasteiger partial charge in [0.25, 0.3) is 0 Å². The molecule has 0 spiro atoms. The smallest absolute Gasteiger partial charge is 0.244 e. The molecule has 0 aromatic heterocycles. The summed E-state index contributed by atoms with van der Waals surface area (Å²) in [6.45, 7) is 1.23. The van der Waals surface area contributed by atoms with Crippen LogP contribution in [0, 0.1) is 11.3 Å². The molecule has 0 bridgehead atoms. The Morgan fingerprint density at radius 3 is 2.75 bits per heavy atom. The summed E-state index contributed by atoms with van der Waals surface area (Å²) in [5, 5.41) is 9.09. The maximum Gasteiger partial charge on any atom is 0.244 e. The molecule has 0 amide bonds. The molecule has 5 nitrogen and oxygen atoms in total. The van der Waals surface area contributed by atoms with Crippen LogP contribution in [0.2, 0.25) is 0 Å². The van der Waals surface area contributed by atoms with E-state index >= 15 is 0 Å². The van der Waals surface area contributed by atoms with E-state index in [1.54, 1.807) is 22.5 Å². The first-order valence-corrected chi connectivity index (χ1v) is 8.06. The summed E-state index contributed by atoms with van der Waals surface area (Å²) in [5.74, 6) is 0. The lowest BCUT2D eigenvalue weighted by molar-refractivity contribution is 0.291. The van der Waals surface area contributed by atoms with Gasteiger partial charge in [0.2, 0.25) is 10.0 Å². The van der Waals surface area contributed by atoms with Gasteiger partial charge in [-0.05, 0) is 39.1 Å². The average molecular weight is 293 g/mol. The molecule has 1 aromatic rings. The van der Waals surface area contributed by atoms with E-state index in [1.165, 1.54) is 6.07 Å². The number of hydrogen-bond donors (Lipinski definition) is 0. The molecule has 1 fully saturated rings. The number of benzene rings is 1. The number of rotatable bonds is 4. The van der Waals surface area contributed by atoms with Crippen molar-refractivity contribution in [2.75, 3.05) is 27.2 Å². The van der Waals surface area contributed by atoms with Crippen molar-refractivity contribution >= 4 is 10.0 Å². The maximum absolute atomic E-state index is 12.8. The Balaban J connectivity index is 2.37. The molecule has 108 valence electrons. The highest BCUT2D eigenvalue weighted by Crippen LogP contribution is 2.27. The van der Waals surface area contributed by atoms with Gasteiger partial charge in [-0.15, -0.1) is 0 Å². The Kier molecular flexibility index (Phi) is 4.43. The third-order valence-corrected chi connectivity index (χ3v) is 5.50. The van der Waals surface area contributed by atoms with Crippen molar-refractivity contribution in [2.45, 2.75) is 23.8 Å². The highest BCUT2D eigenvalue weighted by atomic mass is 32.2.